The Morgan fingerprint density at radius 3 is 2.71 bits per heavy atom. The number of rotatable bonds is 2. The van der Waals surface area contributed by atoms with Gasteiger partial charge in [0.15, 0.2) is 5.15 Å². The Morgan fingerprint density at radius 2 is 2.21 bits per heavy atom. The first-order valence-corrected chi connectivity index (χ1v) is 5.10. The Hall–Kier alpha value is -1.03. The van der Waals surface area contributed by atoms with Crippen molar-refractivity contribution in [1.29, 1.82) is 0 Å². The van der Waals surface area contributed by atoms with Crippen LogP contribution in [0.4, 0.5) is 0 Å². The van der Waals surface area contributed by atoms with Gasteiger partial charge in [0.2, 0.25) is 0 Å². The van der Waals surface area contributed by atoms with Gasteiger partial charge >= 0.3 is 0 Å². The third-order valence-corrected chi connectivity index (χ3v) is 2.93. The number of aromatic nitrogens is 2. The van der Waals surface area contributed by atoms with E-state index in [2.05, 4.69) is 5.10 Å². The molecule has 0 bridgehead atoms. The molecule has 1 aliphatic carbocycles. The average Bonchev–Trinajstić information content (AvgIpc) is 2.70. The summed E-state index contributed by atoms with van der Waals surface area (Å²) in [5, 5.41) is 4.31. The van der Waals surface area contributed by atoms with E-state index < -0.39 is 5.91 Å². The van der Waals surface area contributed by atoms with Gasteiger partial charge in [-0.1, -0.05) is 24.4 Å². The number of hydrogen-bond donors (Lipinski definition) is 1. The number of carbonyl (C=O) groups is 1. The maximum atomic E-state index is 10.9. The molecular weight excluding hydrogens is 202 g/mol. The van der Waals surface area contributed by atoms with Crippen LogP contribution >= 0.6 is 11.6 Å². The molecule has 1 amide bonds. The van der Waals surface area contributed by atoms with E-state index in [-0.39, 0.29) is 5.15 Å². The minimum absolute atomic E-state index is 0.212. The van der Waals surface area contributed by atoms with Crippen molar-refractivity contribution in [3.63, 3.8) is 0 Å². The van der Waals surface area contributed by atoms with Crippen LogP contribution in [0.2, 0.25) is 5.15 Å². The highest BCUT2D eigenvalue weighted by Crippen LogP contribution is 2.30. The summed E-state index contributed by atoms with van der Waals surface area (Å²) in [4.78, 5) is 10.9. The van der Waals surface area contributed by atoms with Gasteiger partial charge in [-0.25, -0.2) is 0 Å². The van der Waals surface area contributed by atoms with Crippen LogP contribution in [0.25, 0.3) is 0 Å². The molecule has 1 fully saturated rings. The summed E-state index contributed by atoms with van der Waals surface area (Å²) in [6.07, 6.45) is 6.30. The second-order valence-corrected chi connectivity index (χ2v) is 3.97. The van der Waals surface area contributed by atoms with E-state index in [0.717, 1.165) is 12.8 Å². The van der Waals surface area contributed by atoms with Crippen LogP contribution in [-0.4, -0.2) is 15.7 Å². The van der Waals surface area contributed by atoms with E-state index in [9.17, 15) is 4.79 Å². The molecule has 1 heterocycles. The lowest BCUT2D eigenvalue weighted by molar-refractivity contribution is 0.100. The zero-order valence-electron chi connectivity index (χ0n) is 7.74. The highest BCUT2D eigenvalue weighted by Gasteiger charge is 2.20. The van der Waals surface area contributed by atoms with Crippen LogP contribution in [0, 0.1) is 0 Å². The fraction of sp³-hybridized carbons (Fsp3) is 0.556. The van der Waals surface area contributed by atoms with Crippen molar-refractivity contribution >= 4 is 17.5 Å². The van der Waals surface area contributed by atoms with E-state index in [0.29, 0.717) is 11.6 Å². The molecule has 1 aromatic rings. The predicted molar refractivity (Wildman–Crippen MR) is 53.3 cm³/mol. The average molecular weight is 214 g/mol. The summed E-state index contributed by atoms with van der Waals surface area (Å²) in [5.74, 6) is -0.515. The Morgan fingerprint density at radius 1 is 1.57 bits per heavy atom. The first kappa shape index (κ1) is 9.52. The van der Waals surface area contributed by atoms with Gasteiger partial charge < -0.3 is 5.73 Å². The molecule has 1 aliphatic rings. The second-order valence-electron chi connectivity index (χ2n) is 3.62. The second kappa shape index (κ2) is 3.61. The quantitative estimate of drug-likeness (QED) is 0.814. The zero-order chi connectivity index (χ0) is 10.1. The number of amides is 1. The molecule has 2 rings (SSSR count). The lowest BCUT2D eigenvalue weighted by atomic mass is 10.2. The molecule has 1 aromatic heterocycles. The highest BCUT2D eigenvalue weighted by atomic mass is 35.5. The van der Waals surface area contributed by atoms with Gasteiger partial charge in [0.05, 0.1) is 11.6 Å². The number of carbonyl (C=O) groups excluding carboxylic acids is 1. The summed E-state index contributed by atoms with van der Waals surface area (Å²) in [6.45, 7) is 0. The molecule has 1 saturated carbocycles. The molecule has 0 radical (unpaired) electrons. The van der Waals surface area contributed by atoms with Gasteiger partial charge in [-0.3, -0.25) is 9.48 Å². The largest absolute Gasteiger partial charge is 0.365 e. The molecule has 2 N–H and O–H groups in total. The van der Waals surface area contributed by atoms with Crippen LogP contribution in [0.5, 0.6) is 0 Å². The summed E-state index contributed by atoms with van der Waals surface area (Å²) in [7, 11) is 0. The van der Waals surface area contributed by atoms with Crippen LogP contribution in [0.15, 0.2) is 6.20 Å². The molecular formula is C9H12ClN3O. The minimum atomic E-state index is -0.515. The molecule has 0 atom stereocenters. The van der Waals surface area contributed by atoms with E-state index in [1.807, 2.05) is 0 Å². The third-order valence-electron chi connectivity index (χ3n) is 2.65. The topological polar surface area (TPSA) is 60.9 Å². The van der Waals surface area contributed by atoms with E-state index in [4.69, 9.17) is 17.3 Å². The maximum absolute atomic E-state index is 10.9. The summed E-state index contributed by atoms with van der Waals surface area (Å²) >= 11 is 5.79. The number of halogens is 1. The van der Waals surface area contributed by atoms with Crippen LogP contribution in [0.3, 0.4) is 0 Å². The first-order valence-electron chi connectivity index (χ1n) is 4.73. The molecule has 0 aliphatic heterocycles. The molecule has 14 heavy (non-hydrogen) atoms. The Bertz CT molecular complexity index is 355. The Kier molecular flexibility index (Phi) is 2.46. The lowest BCUT2D eigenvalue weighted by Gasteiger charge is -2.07. The predicted octanol–water partition coefficient (Wildman–Crippen LogP) is 1.75. The molecule has 0 spiro atoms. The standard InChI is InChI=1S/C9H12ClN3O/c10-8-7(9(11)14)5-13(12-8)6-3-1-2-4-6/h5-6H,1-4H2,(H2,11,14). The number of nitrogens with zero attached hydrogens (tertiary/aromatic N) is 2. The minimum Gasteiger partial charge on any atom is -0.365 e. The van der Waals surface area contributed by atoms with Crippen molar-refractivity contribution < 1.29 is 4.79 Å². The van der Waals surface area contributed by atoms with Gasteiger partial charge in [-0.05, 0) is 12.8 Å². The van der Waals surface area contributed by atoms with E-state index >= 15 is 0 Å². The van der Waals surface area contributed by atoms with Crippen molar-refractivity contribution in [2.24, 2.45) is 5.73 Å². The molecule has 4 nitrogen and oxygen atoms in total. The lowest BCUT2D eigenvalue weighted by Crippen LogP contribution is -2.10. The maximum Gasteiger partial charge on any atom is 0.253 e. The smallest absolute Gasteiger partial charge is 0.253 e. The van der Waals surface area contributed by atoms with Gasteiger partial charge in [0.1, 0.15) is 0 Å². The van der Waals surface area contributed by atoms with Gasteiger partial charge in [-0.15, -0.1) is 0 Å². The van der Waals surface area contributed by atoms with Crippen molar-refractivity contribution in [3.8, 4) is 0 Å². The van der Waals surface area contributed by atoms with Gasteiger partial charge in [-0.2, -0.15) is 5.10 Å². The Balaban J connectivity index is 2.27. The van der Waals surface area contributed by atoms with Gasteiger partial charge in [0, 0.05) is 6.20 Å². The monoisotopic (exact) mass is 213 g/mol. The summed E-state index contributed by atoms with van der Waals surface area (Å²) in [5.41, 5.74) is 5.47. The van der Waals surface area contributed by atoms with Crippen molar-refractivity contribution in [2.75, 3.05) is 0 Å². The zero-order valence-corrected chi connectivity index (χ0v) is 8.50. The van der Waals surface area contributed by atoms with Crippen molar-refractivity contribution in [2.45, 2.75) is 31.7 Å². The number of primary amides is 1. The van der Waals surface area contributed by atoms with Crippen molar-refractivity contribution in [1.82, 2.24) is 9.78 Å². The third kappa shape index (κ3) is 1.62. The number of hydrogen-bond acceptors (Lipinski definition) is 2. The van der Waals surface area contributed by atoms with Crippen LogP contribution in [0.1, 0.15) is 42.1 Å². The Labute approximate surface area is 87.0 Å². The normalized spacial score (nSPS) is 17.5. The molecule has 76 valence electrons. The highest BCUT2D eigenvalue weighted by molar-refractivity contribution is 6.32. The molecule has 5 heteroatoms. The fourth-order valence-electron chi connectivity index (χ4n) is 1.89. The van der Waals surface area contributed by atoms with E-state index in [1.54, 1.807) is 10.9 Å². The molecule has 0 saturated heterocycles. The fourth-order valence-corrected chi connectivity index (χ4v) is 2.12. The van der Waals surface area contributed by atoms with E-state index in [1.165, 1.54) is 12.8 Å². The molecule has 0 aromatic carbocycles. The summed E-state index contributed by atoms with van der Waals surface area (Å²) in [6, 6.07) is 0.389. The SMILES string of the molecule is NC(=O)c1cn(C2CCCC2)nc1Cl. The van der Waals surface area contributed by atoms with Crippen LogP contribution < -0.4 is 5.73 Å². The van der Waals surface area contributed by atoms with Crippen LogP contribution in [-0.2, 0) is 0 Å². The number of nitrogens with two attached hydrogens (primary N) is 1. The van der Waals surface area contributed by atoms with Gasteiger partial charge in [0.25, 0.3) is 5.91 Å². The van der Waals surface area contributed by atoms with Crippen molar-refractivity contribution in [3.05, 3.63) is 16.9 Å². The molecule has 0 unspecified atom stereocenters. The summed E-state index contributed by atoms with van der Waals surface area (Å²) < 4.78 is 1.77. The first-order chi connectivity index (χ1) is 6.68.